The summed E-state index contributed by atoms with van der Waals surface area (Å²) in [6, 6.07) is 0. The van der Waals surface area contributed by atoms with Crippen molar-refractivity contribution in [3.8, 4) is 0 Å². The molecule has 5 rings (SSSR count). The number of aliphatic hydroxyl groups is 2. The molecule has 0 bridgehead atoms. The second-order valence-corrected chi connectivity index (χ2v) is 8.29. The molecule has 2 aromatic rings. The molecule has 3 saturated heterocycles. The molecule has 4 atom stereocenters. The fraction of sp³-hybridized carbons (Fsp3) is 0.706. The Morgan fingerprint density at radius 3 is 2.81 bits per heavy atom. The van der Waals surface area contributed by atoms with E-state index in [-0.39, 0.29) is 5.82 Å². The fourth-order valence-electron chi connectivity index (χ4n) is 4.96. The summed E-state index contributed by atoms with van der Waals surface area (Å²) >= 11 is 0. The third-order valence-electron chi connectivity index (χ3n) is 6.16. The molecular formula is C17H25N7O3. The molecule has 2 aromatic heterocycles. The van der Waals surface area contributed by atoms with Crippen molar-refractivity contribution in [2.24, 2.45) is 5.41 Å². The lowest BCUT2D eigenvalue weighted by atomic mass is 9.79. The molecule has 4 N–H and O–H groups in total. The van der Waals surface area contributed by atoms with Crippen LogP contribution in [0.3, 0.4) is 0 Å². The quantitative estimate of drug-likeness (QED) is 0.598. The lowest BCUT2D eigenvalue weighted by molar-refractivity contribution is -0.0452. The molecule has 10 heteroatoms. The number of nitrogen functional groups attached to an aromatic ring is 1. The molecular weight excluding hydrogens is 350 g/mol. The summed E-state index contributed by atoms with van der Waals surface area (Å²) in [5.74, 6) is 0.274. The van der Waals surface area contributed by atoms with Crippen LogP contribution in [0.5, 0.6) is 0 Å². The Labute approximate surface area is 156 Å². The zero-order chi connectivity index (χ0) is 18.8. The smallest absolute Gasteiger partial charge is 0.167 e. The maximum atomic E-state index is 10.6. The van der Waals surface area contributed by atoms with Crippen LogP contribution in [0.15, 0.2) is 12.7 Å². The summed E-state index contributed by atoms with van der Waals surface area (Å²) in [6.07, 6.45) is 0.805. The number of anilines is 1. The first-order valence-electron chi connectivity index (χ1n) is 9.31. The molecule has 3 aliphatic rings. The molecule has 0 saturated carbocycles. The molecule has 3 aliphatic heterocycles. The van der Waals surface area contributed by atoms with Crippen molar-refractivity contribution in [2.75, 3.05) is 45.5 Å². The Bertz CT molecular complexity index is 852. The van der Waals surface area contributed by atoms with Crippen LogP contribution in [0.4, 0.5) is 5.82 Å². The van der Waals surface area contributed by atoms with Crippen molar-refractivity contribution < 1.29 is 14.9 Å². The Kier molecular flexibility index (Phi) is 3.89. The van der Waals surface area contributed by atoms with E-state index >= 15 is 0 Å². The van der Waals surface area contributed by atoms with E-state index in [1.54, 1.807) is 4.57 Å². The van der Waals surface area contributed by atoms with E-state index in [2.05, 4.69) is 31.8 Å². The predicted molar refractivity (Wildman–Crippen MR) is 96.6 cm³/mol. The third-order valence-corrected chi connectivity index (χ3v) is 6.16. The van der Waals surface area contributed by atoms with Gasteiger partial charge in [-0.15, -0.1) is 0 Å². The summed E-state index contributed by atoms with van der Waals surface area (Å²) in [4.78, 5) is 17.0. The number of ether oxygens (including phenoxy) is 1. The van der Waals surface area contributed by atoms with E-state index in [0.717, 1.165) is 26.2 Å². The van der Waals surface area contributed by atoms with E-state index in [9.17, 15) is 10.2 Å². The number of likely N-dealkylation sites (tertiary alicyclic amines) is 2. The van der Waals surface area contributed by atoms with Gasteiger partial charge < -0.3 is 25.6 Å². The minimum absolute atomic E-state index is 0.274. The largest absolute Gasteiger partial charge is 0.387 e. The highest BCUT2D eigenvalue weighted by molar-refractivity contribution is 5.81. The van der Waals surface area contributed by atoms with Crippen LogP contribution in [0.1, 0.15) is 12.6 Å². The highest BCUT2D eigenvalue weighted by atomic mass is 16.6. The SMILES string of the molecule is CN1CC2(CCN(C[C@H]3O[C@@H](n4cnc5c(N)ncnc54)[C@H](O)[C@@H]3O)C2)C1. The van der Waals surface area contributed by atoms with E-state index in [1.165, 1.54) is 19.1 Å². The monoisotopic (exact) mass is 375 g/mol. The number of rotatable bonds is 3. The van der Waals surface area contributed by atoms with E-state index < -0.39 is 24.5 Å². The van der Waals surface area contributed by atoms with Crippen molar-refractivity contribution in [1.29, 1.82) is 0 Å². The Balaban J connectivity index is 1.31. The summed E-state index contributed by atoms with van der Waals surface area (Å²) in [6.45, 7) is 4.88. The number of fused-ring (bicyclic) bond motifs is 1. The van der Waals surface area contributed by atoms with E-state index in [1.807, 2.05) is 0 Å². The number of hydrogen-bond acceptors (Lipinski definition) is 9. The summed E-state index contributed by atoms with van der Waals surface area (Å²) < 4.78 is 7.67. The van der Waals surface area contributed by atoms with Crippen LogP contribution in [0.2, 0.25) is 0 Å². The van der Waals surface area contributed by atoms with Crippen molar-refractivity contribution in [3.05, 3.63) is 12.7 Å². The molecule has 1 spiro atoms. The van der Waals surface area contributed by atoms with Crippen LogP contribution in [0.25, 0.3) is 11.2 Å². The molecule has 0 amide bonds. The van der Waals surface area contributed by atoms with Crippen molar-refractivity contribution in [1.82, 2.24) is 29.3 Å². The van der Waals surface area contributed by atoms with Gasteiger partial charge in [-0.25, -0.2) is 15.0 Å². The lowest BCUT2D eigenvalue weighted by Gasteiger charge is -2.46. The van der Waals surface area contributed by atoms with Gasteiger partial charge in [-0.3, -0.25) is 9.47 Å². The summed E-state index contributed by atoms with van der Waals surface area (Å²) in [5, 5.41) is 21.1. The number of aromatic nitrogens is 4. The summed E-state index contributed by atoms with van der Waals surface area (Å²) in [7, 11) is 2.14. The molecule has 3 fully saturated rings. The summed E-state index contributed by atoms with van der Waals surface area (Å²) in [5.41, 5.74) is 7.17. The minimum atomic E-state index is -1.06. The maximum Gasteiger partial charge on any atom is 0.167 e. The molecule has 5 heterocycles. The molecule has 146 valence electrons. The molecule has 0 aromatic carbocycles. The van der Waals surface area contributed by atoms with Gasteiger partial charge in [-0.2, -0.15) is 0 Å². The van der Waals surface area contributed by atoms with E-state index in [4.69, 9.17) is 10.5 Å². The van der Waals surface area contributed by atoms with Crippen molar-refractivity contribution in [3.63, 3.8) is 0 Å². The normalized spacial score (nSPS) is 33.9. The number of nitrogens with two attached hydrogens (primary N) is 1. The highest BCUT2D eigenvalue weighted by Gasteiger charge is 2.49. The Morgan fingerprint density at radius 2 is 2.04 bits per heavy atom. The first kappa shape index (κ1) is 17.3. The van der Waals surface area contributed by atoms with Gasteiger partial charge in [0.1, 0.15) is 30.2 Å². The number of nitrogens with zero attached hydrogens (tertiary/aromatic N) is 6. The average Bonchev–Trinajstić information content (AvgIpc) is 3.29. The van der Waals surface area contributed by atoms with Gasteiger partial charge in [-0.05, 0) is 20.0 Å². The number of hydrogen-bond donors (Lipinski definition) is 3. The second-order valence-electron chi connectivity index (χ2n) is 8.29. The molecule has 0 aliphatic carbocycles. The fourth-order valence-corrected chi connectivity index (χ4v) is 4.96. The molecule has 0 radical (unpaired) electrons. The zero-order valence-corrected chi connectivity index (χ0v) is 15.3. The van der Waals surface area contributed by atoms with Crippen LogP contribution in [-0.2, 0) is 4.74 Å². The van der Waals surface area contributed by atoms with Gasteiger partial charge in [-0.1, -0.05) is 0 Å². The first-order chi connectivity index (χ1) is 13.0. The average molecular weight is 375 g/mol. The van der Waals surface area contributed by atoms with Crippen LogP contribution in [-0.4, -0.2) is 97.6 Å². The van der Waals surface area contributed by atoms with Crippen molar-refractivity contribution >= 4 is 17.0 Å². The van der Waals surface area contributed by atoms with Gasteiger partial charge in [0.2, 0.25) is 0 Å². The minimum Gasteiger partial charge on any atom is -0.387 e. The van der Waals surface area contributed by atoms with Gasteiger partial charge in [0.25, 0.3) is 0 Å². The third kappa shape index (κ3) is 2.71. The van der Waals surface area contributed by atoms with Crippen LogP contribution >= 0.6 is 0 Å². The molecule has 27 heavy (non-hydrogen) atoms. The van der Waals surface area contributed by atoms with Gasteiger partial charge in [0.05, 0.1) is 6.33 Å². The lowest BCUT2D eigenvalue weighted by Crippen LogP contribution is -2.55. The van der Waals surface area contributed by atoms with Gasteiger partial charge in [0, 0.05) is 31.6 Å². The van der Waals surface area contributed by atoms with Gasteiger partial charge in [0.15, 0.2) is 17.7 Å². The Morgan fingerprint density at radius 1 is 1.22 bits per heavy atom. The topological polar surface area (TPSA) is 126 Å². The Hall–Kier alpha value is -1.85. The number of imidazole rings is 1. The van der Waals surface area contributed by atoms with E-state index in [0.29, 0.717) is 23.1 Å². The second kappa shape index (κ2) is 6.08. The first-order valence-corrected chi connectivity index (χ1v) is 9.31. The maximum absolute atomic E-state index is 10.6. The van der Waals surface area contributed by atoms with Crippen LogP contribution in [0, 0.1) is 5.41 Å². The number of aliphatic hydroxyl groups excluding tert-OH is 2. The highest BCUT2D eigenvalue weighted by Crippen LogP contribution is 2.39. The zero-order valence-electron chi connectivity index (χ0n) is 15.3. The van der Waals surface area contributed by atoms with Gasteiger partial charge >= 0.3 is 0 Å². The van der Waals surface area contributed by atoms with Crippen LogP contribution < -0.4 is 5.73 Å². The standard InChI is InChI=1S/C17H25N7O3/c1-22-5-17(6-22)2-3-23(7-17)4-10-12(25)13(26)16(27-10)24-9-21-11-14(18)19-8-20-15(11)24/h8-10,12-13,16,25-26H,2-7H2,1H3,(H2,18,19,20)/t10-,12-,13-,16-/m1/s1. The van der Waals surface area contributed by atoms with Crippen molar-refractivity contribution in [2.45, 2.75) is 31.0 Å². The predicted octanol–water partition coefficient (Wildman–Crippen LogP) is -1.33. The molecule has 10 nitrogen and oxygen atoms in total. The molecule has 0 unspecified atom stereocenters.